The lowest BCUT2D eigenvalue weighted by Crippen LogP contribution is -2.28. The molecule has 2 atom stereocenters. The van der Waals surface area contributed by atoms with Crippen molar-refractivity contribution in [3.8, 4) is 0 Å². The van der Waals surface area contributed by atoms with Gasteiger partial charge in [0.2, 0.25) is 5.91 Å². The van der Waals surface area contributed by atoms with Gasteiger partial charge in [0.1, 0.15) is 0 Å². The Balaban J connectivity index is 2.05. The predicted molar refractivity (Wildman–Crippen MR) is 87.3 cm³/mol. The van der Waals surface area contributed by atoms with Gasteiger partial charge in [-0.1, -0.05) is 30.0 Å². The van der Waals surface area contributed by atoms with Crippen LogP contribution in [0.1, 0.15) is 43.0 Å². The molecule has 0 N–H and O–H groups in total. The summed E-state index contributed by atoms with van der Waals surface area (Å²) in [7, 11) is 0. The number of hydrogen-bond donors (Lipinski definition) is 0. The normalized spacial score (nSPS) is 19.9. The second-order valence-electron chi connectivity index (χ2n) is 5.94. The number of thioether (sulfide) groups is 1. The van der Waals surface area contributed by atoms with E-state index in [1.165, 1.54) is 28.5 Å². The topological polar surface area (TPSA) is 37.4 Å². The highest BCUT2D eigenvalue weighted by molar-refractivity contribution is 8.13. The first-order valence-corrected chi connectivity index (χ1v) is 8.37. The molecule has 1 aliphatic heterocycles. The van der Waals surface area contributed by atoms with Gasteiger partial charge in [-0.05, 0) is 43.4 Å². The van der Waals surface area contributed by atoms with Crippen LogP contribution in [0.15, 0.2) is 18.2 Å². The zero-order valence-corrected chi connectivity index (χ0v) is 14.0. The lowest BCUT2D eigenvalue weighted by molar-refractivity contribution is -0.129. The van der Waals surface area contributed by atoms with E-state index in [1.807, 2.05) is 4.90 Å². The van der Waals surface area contributed by atoms with Gasteiger partial charge in [0.25, 0.3) is 0 Å². The summed E-state index contributed by atoms with van der Waals surface area (Å²) in [4.78, 5) is 25.2. The fraction of sp³-hybridized carbons (Fsp3) is 0.529. The van der Waals surface area contributed by atoms with E-state index in [9.17, 15) is 9.59 Å². The largest absolute Gasteiger partial charge is 0.336 e. The fourth-order valence-electron chi connectivity index (χ4n) is 2.73. The van der Waals surface area contributed by atoms with Crippen LogP contribution in [0.5, 0.6) is 0 Å². The third-order valence-electron chi connectivity index (χ3n) is 4.24. The molecule has 2 unspecified atom stereocenters. The van der Waals surface area contributed by atoms with E-state index in [0.717, 1.165) is 12.3 Å². The van der Waals surface area contributed by atoms with Gasteiger partial charge in [0.15, 0.2) is 5.12 Å². The van der Waals surface area contributed by atoms with Gasteiger partial charge in [-0.15, -0.1) is 0 Å². The predicted octanol–water partition coefficient (Wildman–Crippen LogP) is 3.49. The van der Waals surface area contributed by atoms with Crippen molar-refractivity contribution in [2.24, 2.45) is 5.92 Å². The van der Waals surface area contributed by atoms with Crippen molar-refractivity contribution in [1.29, 1.82) is 0 Å². The van der Waals surface area contributed by atoms with Crippen LogP contribution in [0.2, 0.25) is 0 Å². The van der Waals surface area contributed by atoms with Crippen molar-refractivity contribution >= 4 is 22.8 Å². The van der Waals surface area contributed by atoms with Gasteiger partial charge >= 0.3 is 0 Å². The maximum absolute atomic E-state index is 12.2. The summed E-state index contributed by atoms with van der Waals surface area (Å²) in [6.45, 7) is 8.62. The minimum atomic E-state index is 0.101. The summed E-state index contributed by atoms with van der Waals surface area (Å²) in [5.74, 6) is 1.24. The van der Waals surface area contributed by atoms with E-state index in [0.29, 0.717) is 12.3 Å². The molecule has 1 saturated heterocycles. The third kappa shape index (κ3) is 3.88. The Kier molecular flexibility index (Phi) is 5.09. The molecule has 0 spiro atoms. The molecule has 0 aliphatic carbocycles. The molecule has 4 heteroatoms. The Bertz CT molecular complexity index is 556. The van der Waals surface area contributed by atoms with Crippen LogP contribution in [0.25, 0.3) is 0 Å². The van der Waals surface area contributed by atoms with Gasteiger partial charge in [-0.2, -0.15) is 0 Å². The van der Waals surface area contributed by atoms with Crippen molar-refractivity contribution in [2.75, 3.05) is 12.3 Å². The van der Waals surface area contributed by atoms with Crippen molar-refractivity contribution in [3.63, 3.8) is 0 Å². The van der Waals surface area contributed by atoms with Crippen LogP contribution >= 0.6 is 11.8 Å². The van der Waals surface area contributed by atoms with Crippen LogP contribution < -0.4 is 0 Å². The number of benzene rings is 1. The molecule has 0 radical (unpaired) electrons. The SMILES string of the molecule is CC(=O)SCC1CC(=O)N(C(C)c2ccc(C)c(C)c2)C1. The van der Waals surface area contributed by atoms with Crippen LogP contribution in [0.4, 0.5) is 0 Å². The molecule has 21 heavy (non-hydrogen) atoms. The van der Waals surface area contributed by atoms with Crippen molar-refractivity contribution in [2.45, 2.75) is 40.2 Å². The van der Waals surface area contributed by atoms with Crippen molar-refractivity contribution in [1.82, 2.24) is 4.90 Å². The number of rotatable bonds is 4. The molecule has 114 valence electrons. The van der Waals surface area contributed by atoms with E-state index in [1.54, 1.807) is 6.92 Å². The maximum atomic E-state index is 12.2. The molecule has 0 aromatic heterocycles. The minimum absolute atomic E-state index is 0.101. The molecular weight excluding hydrogens is 282 g/mol. The first kappa shape index (κ1) is 16.1. The summed E-state index contributed by atoms with van der Waals surface area (Å²) in [5, 5.41) is 0.128. The summed E-state index contributed by atoms with van der Waals surface area (Å²) in [6, 6.07) is 6.50. The smallest absolute Gasteiger partial charge is 0.223 e. The summed E-state index contributed by atoms with van der Waals surface area (Å²) in [6.07, 6.45) is 0.565. The van der Waals surface area contributed by atoms with Crippen LogP contribution in [-0.4, -0.2) is 28.2 Å². The number of likely N-dealkylation sites (tertiary alicyclic amines) is 1. The molecule has 1 aromatic carbocycles. The third-order valence-corrected chi connectivity index (χ3v) is 5.29. The summed E-state index contributed by atoms with van der Waals surface area (Å²) < 4.78 is 0. The average molecular weight is 305 g/mol. The maximum Gasteiger partial charge on any atom is 0.223 e. The number of hydrogen-bond acceptors (Lipinski definition) is 3. The minimum Gasteiger partial charge on any atom is -0.336 e. The molecule has 1 aromatic rings. The molecule has 1 aliphatic rings. The molecular formula is C17H23NO2S. The standard InChI is InChI=1S/C17H23NO2S/c1-11-5-6-16(7-12(11)2)13(3)18-9-15(8-17(18)20)10-21-14(4)19/h5-7,13,15H,8-10H2,1-4H3. The van der Waals surface area contributed by atoms with E-state index < -0.39 is 0 Å². The Morgan fingerprint density at radius 1 is 1.38 bits per heavy atom. The second-order valence-corrected chi connectivity index (χ2v) is 7.14. The molecule has 1 heterocycles. The van der Waals surface area contributed by atoms with E-state index in [2.05, 4.69) is 39.0 Å². The molecule has 1 fully saturated rings. The first-order chi connectivity index (χ1) is 9.88. The van der Waals surface area contributed by atoms with E-state index in [4.69, 9.17) is 0 Å². The van der Waals surface area contributed by atoms with Gasteiger partial charge in [0.05, 0.1) is 6.04 Å². The highest BCUT2D eigenvalue weighted by Crippen LogP contribution is 2.30. The second kappa shape index (κ2) is 6.65. The Labute approximate surface area is 131 Å². The highest BCUT2D eigenvalue weighted by Gasteiger charge is 2.33. The Morgan fingerprint density at radius 3 is 2.71 bits per heavy atom. The molecule has 1 amide bonds. The van der Waals surface area contributed by atoms with Crippen LogP contribution in [-0.2, 0) is 9.59 Å². The van der Waals surface area contributed by atoms with E-state index >= 15 is 0 Å². The zero-order valence-electron chi connectivity index (χ0n) is 13.2. The first-order valence-electron chi connectivity index (χ1n) is 7.38. The molecule has 3 nitrogen and oxygen atoms in total. The number of aryl methyl sites for hydroxylation is 2. The number of carbonyl (C=O) groups is 2. The monoisotopic (exact) mass is 305 g/mol. The summed E-state index contributed by atoms with van der Waals surface area (Å²) in [5.41, 5.74) is 3.72. The molecule has 0 saturated carbocycles. The van der Waals surface area contributed by atoms with Crippen LogP contribution in [0.3, 0.4) is 0 Å². The zero-order chi connectivity index (χ0) is 15.6. The summed E-state index contributed by atoms with van der Waals surface area (Å²) >= 11 is 1.33. The Hall–Kier alpha value is -1.29. The quantitative estimate of drug-likeness (QED) is 0.854. The lowest BCUT2D eigenvalue weighted by Gasteiger charge is -2.26. The van der Waals surface area contributed by atoms with Gasteiger partial charge < -0.3 is 4.90 Å². The Morgan fingerprint density at radius 2 is 2.10 bits per heavy atom. The average Bonchev–Trinajstić information content (AvgIpc) is 2.80. The van der Waals surface area contributed by atoms with Gasteiger partial charge in [-0.3, -0.25) is 9.59 Å². The van der Waals surface area contributed by atoms with Crippen LogP contribution in [0, 0.1) is 19.8 Å². The lowest BCUT2D eigenvalue weighted by atomic mass is 10.0. The highest BCUT2D eigenvalue weighted by atomic mass is 32.2. The molecule has 2 rings (SSSR count). The van der Waals surface area contributed by atoms with Gasteiger partial charge in [0, 0.05) is 25.6 Å². The number of nitrogens with zero attached hydrogens (tertiary/aromatic N) is 1. The number of carbonyl (C=O) groups excluding carboxylic acids is 2. The van der Waals surface area contributed by atoms with E-state index in [-0.39, 0.29) is 17.1 Å². The fourth-order valence-corrected chi connectivity index (χ4v) is 3.43. The number of amides is 1. The van der Waals surface area contributed by atoms with Crippen molar-refractivity contribution in [3.05, 3.63) is 34.9 Å². The van der Waals surface area contributed by atoms with Gasteiger partial charge in [-0.25, -0.2) is 0 Å². The van der Waals surface area contributed by atoms with Crippen molar-refractivity contribution < 1.29 is 9.59 Å². The molecule has 0 bridgehead atoms.